The Balaban J connectivity index is 2.23. The van der Waals surface area contributed by atoms with Gasteiger partial charge in [-0.05, 0) is 6.07 Å². The Labute approximate surface area is 130 Å². The first-order chi connectivity index (χ1) is 9.97. The van der Waals surface area contributed by atoms with E-state index in [4.69, 9.17) is 33.0 Å². The number of ether oxygens (including phenoxy) is 1. The first kappa shape index (κ1) is 15.6. The number of aliphatic hydroxyl groups is 1. The van der Waals surface area contributed by atoms with Crippen molar-refractivity contribution in [2.75, 3.05) is 25.6 Å². The minimum absolute atomic E-state index is 0.0591. The first-order valence-electron chi connectivity index (χ1n) is 5.96. The second-order valence-corrected chi connectivity index (χ2v) is 4.98. The van der Waals surface area contributed by atoms with Crippen LogP contribution in [0.25, 0.3) is 0 Å². The molecule has 2 rings (SSSR count). The molecular weight excluding hydrogens is 319 g/mol. The average molecular weight is 331 g/mol. The van der Waals surface area contributed by atoms with Crippen molar-refractivity contribution in [3.8, 4) is 5.75 Å². The van der Waals surface area contributed by atoms with Crippen LogP contribution in [0.5, 0.6) is 5.75 Å². The van der Waals surface area contributed by atoms with Crippen LogP contribution < -0.4 is 10.1 Å². The molecule has 0 radical (unpaired) electrons. The molecule has 112 valence electrons. The van der Waals surface area contributed by atoms with Crippen LogP contribution in [0.4, 0.5) is 5.69 Å². The van der Waals surface area contributed by atoms with Gasteiger partial charge in [-0.1, -0.05) is 23.2 Å². The molecule has 2 amide bonds. The van der Waals surface area contributed by atoms with Crippen molar-refractivity contribution in [2.24, 2.45) is 0 Å². The quantitative estimate of drug-likeness (QED) is 0.803. The first-order valence-corrected chi connectivity index (χ1v) is 6.72. The summed E-state index contributed by atoms with van der Waals surface area (Å²) in [5.74, 6) is -0.624. The molecular formula is C13H12Cl2N2O4. The van der Waals surface area contributed by atoms with Gasteiger partial charge in [-0.15, -0.1) is 0 Å². The summed E-state index contributed by atoms with van der Waals surface area (Å²) in [6.45, 7) is -0.357. The van der Waals surface area contributed by atoms with Crippen LogP contribution in [0.1, 0.15) is 0 Å². The molecule has 21 heavy (non-hydrogen) atoms. The molecule has 0 saturated carbocycles. The highest BCUT2D eigenvalue weighted by atomic mass is 35.5. The predicted molar refractivity (Wildman–Crippen MR) is 78.5 cm³/mol. The maximum absolute atomic E-state index is 12.0. The van der Waals surface area contributed by atoms with Gasteiger partial charge in [0.1, 0.15) is 11.4 Å². The monoisotopic (exact) mass is 330 g/mol. The van der Waals surface area contributed by atoms with Crippen LogP contribution >= 0.6 is 23.2 Å². The molecule has 0 aliphatic carbocycles. The van der Waals surface area contributed by atoms with Gasteiger partial charge in [0.25, 0.3) is 11.8 Å². The highest BCUT2D eigenvalue weighted by molar-refractivity contribution is 6.36. The van der Waals surface area contributed by atoms with Gasteiger partial charge in [-0.2, -0.15) is 0 Å². The third kappa shape index (κ3) is 3.12. The van der Waals surface area contributed by atoms with Crippen molar-refractivity contribution < 1.29 is 19.4 Å². The third-order valence-corrected chi connectivity index (χ3v) is 3.45. The maximum Gasteiger partial charge on any atom is 0.277 e. The number of β-amino-alcohol motifs (C(OH)–C–C–N with tert-alkyl or cyclic N) is 1. The van der Waals surface area contributed by atoms with E-state index in [1.54, 1.807) is 0 Å². The van der Waals surface area contributed by atoms with E-state index in [1.807, 2.05) is 0 Å². The lowest BCUT2D eigenvalue weighted by Crippen LogP contribution is -2.34. The number of hydrogen-bond acceptors (Lipinski definition) is 5. The summed E-state index contributed by atoms with van der Waals surface area (Å²) in [4.78, 5) is 24.5. The molecule has 1 aromatic rings. The van der Waals surface area contributed by atoms with E-state index in [0.29, 0.717) is 16.5 Å². The van der Waals surface area contributed by atoms with Crippen LogP contribution in [0.15, 0.2) is 23.9 Å². The van der Waals surface area contributed by atoms with Crippen LogP contribution in [-0.2, 0) is 9.59 Å². The number of carbonyl (C=O) groups excluding carboxylic acids is 2. The number of rotatable bonds is 5. The van der Waals surface area contributed by atoms with Crippen LogP contribution in [0.2, 0.25) is 10.0 Å². The van der Waals surface area contributed by atoms with E-state index in [-0.39, 0.29) is 23.9 Å². The smallest absolute Gasteiger partial charge is 0.277 e. The average Bonchev–Trinajstić information content (AvgIpc) is 2.70. The number of aliphatic hydroxyl groups excluding tert-OH is 1. The van der Waals surface area contributed by atoms with Gasteiger partial charge in [0.15, 0.2) is 0 Å². The summed E-state index contributed by atoms with van der Waals surface area (Å²) in [6.07, 6.45) is 1.15. The van der Waals surface area contributed by atoms with Crippen molar-refractivity contribution in [1.82, 2.24) is 4.90 Å². The van der Waals surface area contributed by atoms with Crippen LogP contribution in [0, 0.1) is 0 Å². The lowest BCUT2D eigenvalue weighted by molar-refractivity contribution is -0.137. The Morgan fingerprint density at radius 1 is 1.29 bits per heavy atom. The highest BCUT2D eigenvalue weighted by Crippen LogP contribution is 2.35. The van der Waals surface area contributed by atoms with Gasteiger partial charge in [-0.3, -0.25) is 14.5 Å². The van der Waals surface area contributed by atoms with Gasteiger partial charge >= 0.3 is 0 Å². The number of nitrogens with one attached hydrogen (secondary N) is 1. The summed E-state index contributed by atoms with van der Waals surface area (Å²) in [7, 11) is 1.46. The zero-order chi connectivity index (χ0) is 15.6. The highest BCUT2D eigenvalue weighted by Gasteiger charge is 2.31. The summed E-state index contributed by atoms with van der Waals surface area (Å²) >= 11 is 12.1. The lowest BCUT2D eigenvalue weighted by atomic mass is 10.2. The van der Waals surface area contributed by atoms with E-state index in [1.165, 1.54) is 19.2 Å². The minimum atomic E-state index is -0.531. The van der Waals surface area contributed by atoms with Gasteiger partial charge in [0, 0.05) is 12.1 Å². The molecule has 0 spiro atoms. The van der Waals surface area contributed by atoms with E-state index in [2.05, 4.69) is 5.32 Å². The Hall–Kier alpha value is -1.76. The Morgan fingerprint density at radius 2 is 2.00 bits per heavy atom. The van der Waals surface area contributed by atoms with Gasteiger partial charge in [0.05, 0.1) is 36.0 Å². The number of nitrogens with zero attached hydrogens (tertiary/aromatic N) is 1. The fourth-order valence-corrected chi connectivity index (χ4v) is 2.28. The van der Waals surface area contributed by atoms with Crippen molar-refractivity contribution in [3.05, 3.63) is 34.0 Å². The van der Waals surface area contributed by atoms with E-state index in [9.17, 15) is 9.59 Å². The molecule has 6 nitrogen and oxygen atoms in total. The number of carbonyl (C=O) groups is 2. The summed E-state index contributed by atoms with van der Waals surface area (Å²) < 4.78 is 5.02. The number of anilines is 1. The second kappa shape index (κ2) is 6.34. The molecule has 0 bridgehead atoms. The summed E-state index contributed by atoms with van der Waals surface area (Å²) in [5.41, 5.74) is 0.442. The van der Waals surface area contributed by atoms with Gasteiger partial charge < -0.3 is 15.2 Å². The molecule has 1 aliphatic rings. The molecule has 8 heteroatoms. The zero-order valence-electron chi connectivity index (χ0n) is 11.0. The maximum atomic E-state index is 12.0. The molecule has 0 saturated heterocycles. The second-order valence-electron chi connectivity index (χ2n) is 4.17. The minimum Gasteiger partial charge on any atom is -0.495 e. The van der Waals surface area contributed by atoms with E-state index >= 15 is 0 Å². The van der Waals surface area contributed by atoms with Gasteiger partial charge in [-0.25, -0.2) is 0 Å². The van der Waals surface area contributed by atoms with Crippen LogP contribution in [-0.4, -0.2) is 42.1 Å². The van der Waals surface area contributed by atoms with Gasteiger partial charge in [0.2, 0.25) is 0 Å². The molecule has 0 atom stereocenters. The number of imide groups is 1. The van der Waals surface area contributed by atoms with Crippen molar-refractivity contribution >= 4 is 40.7 Å². The Morgan fingerprint density at radius 3 is 2.62 bits per heavy atom. The lowest BCUT2D eigenvalue weighted by Gasteiger charge is -2.14. The standard InChI is InChI=1S/C13H12Cl2N2O4/c1-21-11-5-7(14)9(4-8(11)15)16-10-6-12(19)17(2-3-18)13(10)20/h4-6,16,18H,2-3H2,1H3. The number of hydrogen-bond donors (Lipinski definition) is 2. The number of amides is 2. The fraction of sp³-hybridized carbons (Fsp3) is 0.231. The molecule has 1 heterocycles. The molecule has 0 unspecified atom stereocenters. The van der Waals surface area contributed by atoms with Crippen molar-refractivity contribution in [3.63, 3.8) is 0 Å². The normalized spacial score (nSPS) is 14.5. The van der Waals surface area contributed by atoms with Crippen molar-refractivity contribution in [2.45, 2.75) is 0 Å². The van der Waals surface area contributed by atoms with E-state index < -0.39 is 11.8 Å². The summed E-state index contributed by atoms with van der Waals surface area (Å²) in [5, 5.41) is 12.2. The number of benzene rings is 1. The van der Waals surface area contributed by atoms with Crippen molar-refractivity contribution in [1.29, 1.82) is 0 Å². The fourth-order valence-electron chi connectivity index (χ4n) is 1.84. The molecule has 0 aromatic heterocycles. The summed E-state index contributed by atoms with van der Waals surface area (Å²) in [6, 6.07) is 3.00. The predicted octanol–water partition coefficient (Wildman–Crippen LogP) is 1.66. The number of methoxy groups -OCH3 is 1. The molecule has 0 fully saturated rings. The Kier molecular flexibility index (Phi) is 4.72. The third-order valence-electron chi connectivity index (χ3n) is 2.84. The zero-order valence-corrected chi connectivity index (χ0v) is 12.5. The SMILES string of the molecule is COc1cc(Cl)c(NC2=CC(=O)N(CCO)C2=O)cc1Cl. The largest absolute Gasteiger partial charge is 0.495 e. The molecule has 1 aromatic carbocycles. The van der Waals surface area contributed by atoms with Crippen LogP contribution in [0.3, 0.4) is 0 Å². The molecule has 2 N–H and O–H groups in total. The number of halogens is 2. The Bertz CT molecular complexity index is 631. The topological polar surface area (TPSA) is 78.9 Å². The molecule has 1 aliphatic heterocycles. The van der Waals surface area contributed by atoms with E-state index in [0.717, 1.165) is 11.0 Å².